The van der Waals surface area contributed by atoms with Gasteiger partial charge >= 0.3 is 0 Å². The van der Waals surface area contributed by atoms with Gasteiger partial charge in [0.2, 0.25) is 5.91 Å². The standard InChI is InChI=1S/C20H22N4OS/c1-14-10-8-9-13-17(14)18-21-22-20(24(18)4)26-15(2)19(25)23(3)16-11-6-5-7-12-16/h5-13,15H,1-4H3/t15-/m1/s1. The molecule has 0 spiro atoms. The first-order valence-corrected chi connectivity index (χ1v) is 9.31. The summed E-state index contributed by atoms with van der Waals surface area (Å²) >= 11 is 1.42. The van der Waals surface area contributed by atoms with E-state index < -0.39 is 0 Å². The molecule has 1 amide bonds. The molecule has 0 N–H and O–H groups in total. The van der Waals surface area contributed by atoms with Gasteiger partial charge in [0.05, 0.1) is 5.25 Å². The molecule has 0 aliphatic rings. The topological polar surface area (TPSA) is 51.0 Å². The predicted octanol–water partition coefficient (Wildman–Crippen LogP) is 3.93. The molecule has 0 aliphatic carbocycles. The van der Waals surface area contributed by atoms with Crippen molar-refractivity contribution in [3.05, 3.63) is 60.2 Å². The first-order chi connectivity index (χ1) is 12.5. The van der Waals surface area contributed by atoms with Gasteiger partial charge in [-0.15, -0.1) is 10.2 Å². The van der Waals surface area contributed by atoms with E-state index in [1.165, 1.54) is 11.8 Å². The number of anilines is 1. The van der Waals surface area contributed by atoms with Gasteiger partial charge in [-0.1, -0.05) is 54.2 Å². The molecular weight excluding hydrogens is 344 g/mol. The number of aromatic nitrogens is 3. The Morgan fingerprint density at radius 2 is 1.73 bits per heavy atom. The third kappa shape index (κ3) is 3.65. The Morgan fingerprint density at radius 1 is 1.08 bits per heavy atom. The highest BCUT2D eigenvalue weighted by molar-refractivity contribution is 8.00. The average Bonchev–Trinajstić information content (AvgIpc) is 3.02. The number of benzene rings is 2. The molecule has 0 bridgehead atoms. The van der Waals surface area contributed by atoms with Gasteiger partial charge in [0.1, 0.15) is 0 Å². The smallest absolute Gasteiger partial charge is 0.240 e. The maximum Gasteiger partial charge on any atom is 0.240 e. The lowest BCUT2D eigenvalue weighted by atomic mass is 10.1. The minimum Gasteiger partial charge on any atom is -0.315 e. The summed E-state index contributed by atoms with van der Waals surface area (Å²) in [5.74, 6) is 0.836. The van der Waals surface area contributed by atoms with Crippen LogP contribution in [0.3, 0.4) is 0 Å². The van der Waals surface area contributed by atoms with Gasteiger partial charge in [0.25, 0.3) is 0 Å². The number of hydrogen-bond donors (Lipinski definition) is 0. The number of rotatable bonds is 5. The largest absolute Gasteiger partial charge is 0.315 e. The van der Waals surface area contributed by atoms with Gasteiger partial charge in [-0.25, -0.2) is 0 Å². The summed E-state index contributed by atoms with van der Waals surface area (Å²) in [7, 11) is 3.73. The zero-order valence-corrected chi connectivity index (χ0v) is 16.2. The van der Waals surface area contributed by atoms with Crippen LogP contribution in [0.2, 0.25) is 0 Å². The van der Waals surface area contributed by atoms with Crippen molar-refractivity contribution in [2.75, 3.05) is 11.9 Å². The van der Waals surface area contributed by atoms with Crippen molar-refractivity contribution in [2.45, 2.75) is 24.3 Å². The predicted molar refractivity (Wildman–Crippen MR) is 106 cm³/mol. The van der Waals surface area contributed by atoms with E-state index in [1.807, 2.05) is 67.1 Å². The molecule has 1 atom stereocenters. The summed E-state index contributed by atoms with van der Waals surface area (Å²) < 4.78 is 1.94. The van der Waals surface area contributed by atoms with Crippen molar-refractivity contribution >= 4 is 23.4 Å². The number of aryl methyl sites for hydroxylation is 1. The second-order valence-electron chi connectivity index (χ2n) is 6.17. The van der Waals surface area contributed by atoms with Crippen LogP contribution in [-0.2, 0) is 11.8 Å². The molecule has 1 aromatic heterocycles. The average molecular weight is 366 g/mol. The Labute approximate surface area is 158 Å². The maximum atomic E-state index is 12.7. The number of amides is 1. The number of carbonyl (C=O) groups is 1. The van der Waals surface area contributed by atoms with Gasteiger partial charge in [0.15, 0.2) is 11.0 Å². The third-order valence-electron chi connectivity index (χ3n) is 4.32. The van der Waals surface area contributed by atoms with Crippen molar-refractivity contribution in [3.8, 4) is 11.4 Å². The van der Waals surface area contributed by atoms with E-state index in [2.05, 4.69) is 23.2 Å². The van der Waals surface area contributed by atoms with Crippen LogP contribution in [-0.4, -0.2) is 33.0 Å². The van der Waals surface area contributed by atoms with Crippen molar-refractivity contribution in [3.63, 3.8) is 0 Å². The lowest BCUT2D eigenvalue weighted by Crippen LogP contribution is -2.33. The van der Waals surface area contributed by atoms with Gasteiger partial charge < -0.3 is 9.47 Å². The highest BCUT2D eigenvalue weighted by atomic mass is 32.2. The molecule has 1 heterocycles. The van der Waals surface area contributed by atoms with E-state index in [-0.39, 0.29) is 11.2 Å². The van der Waals surface area contributed by atoms with Crippen LogP contribution in [0.15, 0.2) is 59.8 Å². The molecule has 2 aromatic carbocycles. The van der Waals surface area contributed by atoms with Crippen molar-refractivity contribution in [1.82, 2.24) is 14.8 Å². The van der Waals surface area contributed by atoms with Crippen LogP contribution >= 0.6 is 11.8 Å². The van der Waals surface area contributed by atoms with E-state index in [4.69, 9.17) is 0 Å². The molecule has 5 nitrogen and oxygen atoms in total. The molecule has 0 radical (unpaired) electrons. The Balaban J connectivity index is 1.77. The van der Waals surface area contributed by atoms with Gasteiger partial charge in [-0.3, -0.25) is 4.79 Å². The Bertz CT molecular complexity index is 907. The van der Waals surface area contributed by atoms with Crippen LogP contribution in [0.4, 0.5) is 5.69 Å². The summed E-state index contributed by atoms with van der Waals surface area (Å²) in [5, 5.41) is 9.08. The molecule has 0 unspecified atom stereocenters. The van der Waals surface area contributed by atoms with Crippen molar-refractivity contribution in [2.24, 2.45) is 7.05 Å². The van der Waals surface area contributed by atoms with E-state index >= 15 is 0 Å². The van der Waals surface area contributed by atoms with Crippen molar-refractivity contribution in [1.29, 1.82) is 0 Å². The normalized spacial score (nSPS) is 12.0. The minimum absolute atomic E-state index is 0.0293. The molecule has 0 saturated heterocycles. The van der Waals surface area contributed by atoms with Crippen LogP contribution in [0.25, 0.3) is 11.4 Å². The Hall–Kier alpha value is -2.60. The van der Waals surface area contributed by atoms with Gasteiger partial charge in [-0.05, 0) is 31.5 Å². The summed E-state index contributed by atoms with van der Waals surface area (Å²) in [6.07, 6.45) is 0. The molecule has 134 valence electrons. The second kappa shape index (κ2) is 7.74. The number of nitrogens with zero attached hydrogens (tertiary/aromatic N) is 4. The third-order valence-corrected chi connectivity index (χ3v) is 5.45. The molecule has 0 saturated carbocycles. The summed E-state index contributed by atoms with van der Waals surface area (Å²) in [5.41, 5.74) is 3.07. The Kier molecular flexibility index (Phi) is 5.42. The van der Waals surface area contributed by atoms with Crippen LogP contribution in [0.5, 0.6) is 0 Å². The van der Waals surface area contributed by atoms with Crippen LogP contribution in [0.1, 0.15) is 12.5 Å². The first-order valence-electron chi connectivity index (χ1n) is 8.43. The van der Waals surface area contributed by atoms with Crippen LogP contribution < -0.4 is 4.90 Å². The quantitative estimate of drug-likeness (QED) is 0.642. The zero-order valence-electron chi connectivity index (χ0n) is 15.4. The molecule has 0 aliphatic heterocycles. The van der Waals surface area contributed by atoms with E-state index in [1.54, 1.807) is 11.9 Å². The monoisotopic (exact) mass is 366 g/mol. The highest BCUT2D eigenvalue weighted by Gasteiger charge is 2.23. The summed E-state index contributed by atoms with van der Waals surface area (Å²) in [6.45, 7) is 3.95. The maximum absolute atomic E-state index is 12.7. The molecule has 3 rings (SSSR count). The molecule has 0 fully saturated rings. The lowest BCUT2D eigenvalue weighted by molar-refractivity contribution is -0.117. The molecule has 3 aromatic rings. The van der Waals surface area contributed by atoms with Gasteiger partial charge in [0, 0.05) is 25.3 Å². The summed E-state index contributed by atoms with van der Waals surface area (Å²) in [4.78, 5) is 14.4. The zero-order chi connectivity index (χ0) is 18.7. The second-order valence-corrected chi connectivity index (χ2v) is 7.48. The Morgan fingerprint density at radius 3 is 2.42 bits per heavy atom. The van der Waals surface area contributed by atoms with E-state index in [9.17, 15) is 4.79 Å². The lowest BCUT2D eigenvalue weighted by Gasteiger charge is -2.20. The number of carbonyl (C=O) groups excluding carboxylic acids is 1. The van der Waals surface area contributed by atoms with E-state index in [0.717, 1.165) is 27.8 Å². The SMILES string of the molecule is Cc1ccccc1-c1nnc(S[C@H](C)C(=O)N(C)c2ccccc2)n1C. The molecular formula is C20H22N4OS. The molecule has 26 heavy (non-hydrogen) atoms. The number of hydrogen-bond acceptors (Lipinski definition) is 4. The van der Waals surface area contributed by atoms with E-state index in [0.29, 0.717) is 0 Å². The minimum atomic E-state index is -0.271. The fraction of sp³-hybridized carbons (Fsp3) is 0.250. The fourth-order valence-corrected chi connectivity index (χ4v) is 3.64. The first kappa shape index (κ1) is 18.2. The van der Waals surface area contributed by atoms with Gasteiger partial charge in [-0.2, -0.15) is 0 Å². The highest BCUT2D eigenvalue weighted by Crippen LogP contribution is 2.28. The molecule has 6 heteroatoms. The van der Waals surface area contributed by atoms with Crippen molar-refractivity contribution < 1.29 is 4.79 Å². The van der Waals surface area contributed by atoms with Crippen LogP contribution in [0, 0.1) is 6.92 Å². The fourth-order valence-electron chi connectivity index (χ4n) is 2.74. The number of thioether (sulfide) groups is 1. The number of para-hydroxylation sites is 1. The summed E-state index contributed by atoms with van der Waals surface area (Å²) in [6, 6.07) is 17.7.